The highest BCUT2D eigenvalue weighted by Crippen LogP contribution is 2.28. The number of methoxy groups -OCH3 is 1. The molecule has 0 aliphatic carbocycles. The lowest BCUT2D eigenvalue weighted by atomic mass is 10.2. The maximum absolute atomic E-state index is 13.1. The summed E-state index contributed by atoms with van der Waals surface area (Å²) in [5.74, 6) is -0.995. The molecule has 0 spiro atoms. The van der Waals surface area contributed by atoms with Crippen molar-refractivity contribution < 1.29 is 22.7 Å². The Hall–Kier alpha value is -2.65. The van der Waals surface area contributed by atoms with Crippen molar-refractivity contribution in [2.24, 2.45) is 7.05 Å². The van der Waals surface area contributed by atoms with Gasteiger partial charge in [0.15, 0.2) is 0 Å². The Bertz CT molecular complexity index is 953. The number of carbonyl (C=O) groups excluding carboxylic acids is 2. The molecule has 1 N–H and O–H groups in total. The number of sulfonamides is 1. The Balaban J connectivity index is 1.85. The van der Waals surface area contributed by atoms with E-state index in [1.54, 1.807) is 31.3 Å². The molecule has 144 valence electrons. The topological polar surface area (TPSA) is 97.7 Å². The number of aromatic nitrogens is 1. The van der Waals surface area contributed by atoms with Crippen molar-refractivity contribution in [2.45, 2.75) is 23.8 Å². The predicted octanol–water partition coefficient (Wildman–Crippen LogP) is 1.60. The third-order valence-corrected chi connectivity index (χ3v) is 6.40. The number of hydrogen-bond donors (Lipinski definition) is 1. The first-order valence-corrected chi connectivity index (χ1v) is 9.91. The summed E-state index contributed by atoms with van der Waals surface area (Å²) in [6, 6.07) is 9.37. The van der Waals surface area contributed by atoms with Crippen molar-refractivity contribution in [1.29, 1.82) is 0 Å². The average Bonchev–Trinajstić information content (AvgIpc) is 3.29. The van der Waals surface area contributed by atoms with Gasteiger partial charge in [-0.3, -0.25) is 4.79 Å². The standard InChI is InChI=1S/C18H21N3O5S/c1-20-12-14(11-16(20)18(23)26-2)27(24,25)21-10-6-9-15(21)17(22)19-13-7-4-3-5-8-13/h3-5,7-8,11-12,15H,6,9-10H2,1-2H3,(H,19,22). The van der Waals surface area contributed by atoms with Crippen LogP contribution in [-0.2, 0) is 26.6 Å². The molecule has 0 saturated carbocycles. The molecule has 1 aliphatic heterocycles. The van der Waals surface area contributed by atoms with Gasteiger partial charge in [-0.25, -0.2) is 13.2 Å². The van der Waals surface area contributed by atoms with E-state index in [4.69, 9.17) is 0 Å². The number of esters is 1. The van der Waals surface area contributed by atoms with Crippen LogP contribution in [0.3, 0.4) is 0 Å². The third kappa shape index (κ3) is 3.74. The fraction of sp³-hybridized carbons (Fsp3) is 0.333. The van der Waals surface area contributed by atoms with Gasteiger partial charge < -0.3 is 14.6 Å². The molecular formula is C18H21N3O5S. The highest BCUT2D eigenvalue weighted by atomic mass is 32.2. The SMILES string of the molecule is COC(=O)c1cc(S(=O)(=O)N2CCCC2C(=O)Nc2ccccc2)cn1C. The van der Waals surface area contributed by atoms with Crippen molar-refractivity contribution in [3.8, 4) is 0 Å². The monoisotopic (exact) mass is 391 g/mol. The Kier molecular flexibility index (Phi) is 5.33. The van der Waals surface area contributed by atoms with Gasteiger partial charge in [0.05, 0.1) is 7.11 Å². The first-order valence-electron chi connectivity index (χ1n) is 8.47. The van der Waals surface area contributed by atoms with Gasteiger partial charge in [-0.05, 0) is 31.0 Å². The van der Waals surface area contributed by atoms with E-state index in [1.165, 1.54) is 28.2 Å². The van der Waals surface area contributed by atoms with Crippen LogP contribution in [0.1, 0.15) is 23.3 Å². The van der Waals surface area contributed by atoms with E-state index in [-0.39, 0.29) is 23.0 Å². The van der Waals surface area contributed by atoms with Gasteiger partial charge in [-0.1, -0.05) is 18.2 Å². The van der Waals surface area contributed by atoms with Crippen molar-refractivity contribution in [3.05, 3.63) is 48.3 Å². The van der Waals surface area contributed by atoms with Crippen LogP contribution in [0.2, 0.25) is 0 Å². The minimum atomic E-state index is -3.92. The highest BCUT2D eigenvalue weighted by Gasteiger charge is 2.40. The van der Waals surface area contributed by atoms with E-state index in [2.05, 4.69) is 10.1 Å². The molecule has 2 aromatic rings. The van der Waals surface area contributed by atoms with Gasteiger partial charge in [-0.2, -0.15) is 4.31 Å². The second-order valence-electron chi connectivity index (χ2n) is 6.29. The minimum absolute atomic E-state index is 0.0372. The number of nitrogens with one attached hydrogen (secondary N) is 1. The number of hydrogen-bond acceptors (Lipinski definition) is 5. The quantitative estimate of drug-likeness (QED) is 0.781. The summed E-state index contributed by atoms with van der Waals surface area (Å²) in [6.07, 6.45) is 2.38. The lowest BCUT2D eigenvalue weighted by molar-refractivity contribution is -0.119. The fourth-order valence-corrected chi connectivity index (χ4v) is 4.88. The molecule has 1 atom stereocenters. The van der Waals surface area contributed by atoms with Crippen molar-refractivity contribution >= 4 is 27.6 Å². The molecule has 3 rings (SSSR count). The molecule has 9 heteroatoms. The number of anilines is 1. The van der Waals surface area contributed by atoms with Crippen LogP contribution in [0.4, 0.5) is 5.69 Å². The zero-order valence-corrected chi connectivity index (χ0v) is 15.9. The number of benzene rings is 1. The van der Waals surface area contributed by atoms with Gasteiger partial charge in [0.25, 0.3) is 0 Å². The smallest absolute Gasteiger partial charge is 0.354 e. The Morgan fingerprint density at radius 2 is 1.93 bits per heavy atom. The van der Waals surface area contributed by atoms with Gasteiger partial charge in [-0.15, -0.1) is 0 Å². The van der Waals surface area contributed by atoms with Crippen LogP contribution in [-0.4, -0.2) is 48.9 Å². The zero-order valence-electron chi connectivity index (χ0n) is 15.1. The molecule has 1 aromatic carbocycles. The molecule has 1 unspecified atom stereocenters. The fourth-order valence-electron chi connectivity index (χ4n) is 3.16. The first-order chi connectivity index (χ1) is 12.8. The number of ether oxygens (including phenoxy) is 1. The predicted molar refractivity (Wildman–Crippen MR) is 98.7 cm³/mol. The van der Waals surface area contributed by atoms with Crippen LogP contribution < -0.4 is 5.32 Å². The lowest BCUT2D eigenvalue weighted by Crippen LogP contribution is -2.43. The van der Waals surface area contributed by atoms with E-state index in [0.29, 0.717) is 18.5 Å². The molecule has 0 bridgehead atoms. The molecular weight excluding hydrogens is 370 g/mol. The third-order valence-electron chi connectivity index (χ3n) is 4.53. The maximum Gasteiger partial charge on any atom is 0.354 e. The molecule has 8 nitrogen and oxygen atoms in total. The number of rotatable bonds is 5. The molecule has 1 saturated heterocycles. The number of nitrogens with zero attached hydrogens (tertiary/aromatic N) is 2. The largest absolute Gasteiger partial charge is 0.464 e. The van der Waals surface area contributed by atoms with Gasteiger partial charge in [0.2, 0.25) is 15.9 Å². The molecule has 1 amide bonds. The van der Waals surface area contributed by atoms with E-state index in [0.717, 1.165) is 0 Å². The second-order valence-corrected chi connectivity index (χ2v) is 8.18. The number of amides is 1. The molecule has 27 heavy (non-hydrogen) atoms. The summed E-state index contributed by atoms with van der Waals surface area (Å²) < 4.78 is 33.4. The normalized spacial score (nSPS) is 17.6. The highest BCUT2D eigenvalue weighted by molar-refractivity contribution is 7.89. The number of para-hydroxylation sites is 1. The van der Waals surface area contributed by atoms with Crippen molar-refractivity contribution in [2.75, 3.05) is 19.0 Å². The lowest BCUT2D eigenvalue weighted by Gasteiger charge is -2.22. The summed E-state index contributed by atoms with van der Waals surface area (Å²) in [7, 11) is -1.13. The van der Waals surface area contributed by atoms with Crippen molar-refractivity contribution in [3.63, 3.8) is 0 Å². The summed E-state index contributed by atoms with van der Waals surface area (Å²) >= 11 is 0. The summed E-state index contributed by atoms with van der Waals surface area (Å²) in [6.45, 7) is 0.248. The summed E-state index contributed by atoms with van der Waals surface area (Å²) in [4.78, 5) is 24.4. The molecule has 2 heterocycles. The van der Waals surface area contributed by atoms with Crippen LogP contribution in [0.5, 0.6) is 0 Å². The minimum Gasteiger partial charge on any atom is -0.464 e. The molecule has 1 aliphatic rings. The zero-order chi connectivity index (χ0) is 19.6. The van der Waals surface area contributed by atoms with Gasteiger partial charge in [0, 0.05) is 25.5 Å². The number of carbonyl (C=O) groups is 2. The van der Waals surface area contributed by atoms with E-state index >= 15 is 0 Å². The van der Waals surface area contributed by atoms with Crippen LogP contribution >= 0.6 is 0 Å². The van der Waals surface area contributed by atoms with Crippen LogP contribution in [0.25, 0.3) is 0 Å². The first kappa shape index (κ1) is 19.1. The second kappa shape index (κ2) is 7.53. The van der Waals surface area contributed by atoms with E-state index < -0.39 is 22.0 Å². The van der Waals surface area contributed by atoms with Crippen LogP contribution in [0, 0.1) is 0 Å². The number of aryl methyl sites for hydroxylation is 1. The Labute approximate surface area is 157 Å². The molecule has 0 radical (unpaired) electrons. The Morgan fingerprint density at radius 3 is 2.59 bits per heavy atom. The molecule has 1 aromatic heterocycles. The van der Waals surface area contributed by atoms with E-state index in [9.17, 15) is 18.0 Å². The Morgan fingerprint density at radius 1 is 1.22 bits per heavy atom. The average molecular weight is 391 g/mol. The van der Waals surface area contributed by atoms with Gasteiger partial charge >= 0.3 is 5.97 Å². The van der Waals surface area contributed by atoms with Gasteiger partial charge in [0.1, 0.15) is 16.6 Å². The summed E-state index contributed by atoms with van der Waals surface area (Å²) in [5.41, 5.74) is 0.736. The maximum atomic E-state index is 13.1. The molecule has 1 fully saturated rings. The van der Waals surface area contributed by atoms with Crippen LogP contribution in [0.15, 0.2) is 47.5 Å². The van der Waals surface area contributed by atoms with Crippen molar-refractivity contribution in [1.82, 2.24) is 8.87 Å². The van der Waals surface area contributed by atoms with E-state index in [1.807, 2.05) is 6.07 Å². The summed E-state index contributed by atoms with van der Waals surface area (Å²) in [5, 5.41) is 2.76.